The highest BCUT2D eigenvalue weighted by atomic mass is 16.6. The summed E-state index contributed by atoms with van der Waals surface area (Å²) in [6.07, 6.45) is 0.576. The predicted octanol–water partition coefficient (Wildman–Crippen LogP) is 1.88. The molecule has 1 aliphatic heterocycles. The minimum absolute atomic E-state index is 0.0961. The molecule has 0 aromatic heterocycles. The van der Waals surface area contributed by atoms with Crippen LogP contribution in [0.5, 0.6) is 5.75 Å². The molecule has 2 rings (SSSR count). The van der Waals surface area contributed by atoms with Crippen molar-refractivity contribution < 1.29 is 24.2 Å². The zero-order chi connectivity index (χ0) is 14.5. The van der Waals surface area contributed by atoms with Crippen molar-refractivity contribution in [2.75, 3.05) is 13.7 Å². The molecule has 108 valence electrons. The van der Waals surface area contributed by atoms with Crippen molar-refractivity contribution in [1.29, 1.82) is 0 Å². The van der Waals surface area contributed by atoms with Gasteiger partial charge in [0.25, 0.3) is 0 Å². The Morgan fingerprint density at radius 1 is 1.45 bits per heavy atom. The lowest BCUT2D eigenvalue weighted by Gasteiger charge is -2.20. The molecule has 1 N–H and O–H groups in total. The molecule has 1 aromatic rings. The number of carbonyl (C=O) groups is 2. The summed E-state index contributed by atoms with van der Waals surface area (Å²) in [5.41, 5.74) is 0.795. The summed E-state index contributed by atoms with van der Waals surface area (Å²) < 4.78 is 10.2. The minimum Gasteiger partial charge on any atom is -0.497 e. The second-order valence-electron chi connectivity index (χ2n) is 4.60. The normalized spacial score (nSPS) is 17.9. The highest BCUT2D eigenvalue weighted by Gasteiger charge is 2.34. The molecule has 1 aliphatic rings. The van der Waals surface area contributed by atoms with E-state index in [2.05, 4.69) is 0 Å². The van der Waals surface area contributed by atoms with Crippen LogP contribution in [0, 0.1) is 0 Å². The van der Waals surface area contributed by atoms with Crippen LogP contribution in [0.1, 0.15) is 18.4 Å². The van der Waals surface area contributed by atoms with Crippen LogP contribution in [0.15, 0.2) is 24.3 Å². The van der Waals surface area contributed by atoms with Gasteiger partial charge in [-0.1, -0.05) is 12.1 Å². The van der Waals surface area contributed by atoms with Gasteiger partial charge >= 0.3 is 12.1 Å². The summed E-state index contributed by atoms with van der Waals surface area (Å²) in [7, 11) is 1.56. The first-order chi connectivity index (χ1) is 9.61. The predicted molar refractivity (Wildman–Crippen MR) is 70.5 cm³/mol. The van der Waals surface area contributed by atoms with E-state index in [0.29, 0.717) is 25.1 Å². The maximum atomic E-state index is 11.9. The molecule has 1 saturated heterocycles. The molecule has 6 heteroatoms. The molecule has 1 fully saturated rings. The van der Waals surface area contributed by atoms with E-state index < -0.39 is 18.1 Å². The zero-order valence-corrected chi connectivity index (χ0v) is 11.2. The standard InChI is InChI=1S/C14H17NO5/c1-19-11-5-2-4-10(8-11)9-20-14(18)15-7-3-6-12(15)13(16)17/h2,4-5,8,12H,3,6-7,9H2,1H3,(H,16,17)/t12-/m0/s1. The quantitative estimate of drug-likeness (QED) is 0.910. The van der Waals surface area contributed by atoms with Crippen molar-refractivity contribution in [1.82, 2.24) is 4.90 Å². The van der Waals surface area contributed by atoms with E-state index in [1.807, 2.05) is 6.07 Å². The van der Waals surface area contributed by atoms with Crippen LogP contribution in [-0.2, 0) is 16.1 Å². The van der Waals surface area contributed by atoms with Crippen LogP contribution < -0.4 is 4.74 Å². The average Bonchev–Trinajstić information content (AvgIpc) is 2.94. The summed E-state index contributed by atoms with van der Waals surface area (Å²) >= 11 is 0. The lowest BCUT2D eigenvalue weighted by Crippen LogP contribution is -2.40. The summed E-state index contributed by atoms with van der Waals surface area (Å²) in [5, 5.41) is 9.02. The van der Waals surface area contributed by atoms with Gasteiger partial charge in [-0.3, -0.25) is 4.90 Å². The van der Waals surface area contributed by atoms with E-state index in [1.54, 1.807) is 25.3 Å². The molecular formula is C14H17NO5. The Labute approximate surface area is 116 Å². The first kappa shape index (κ1) is 14.2. The van der Waals surface area contributed by atoms with Gasteiger partial charge in [-0.25, -0.2) is 9.59 Å². The SMILES string of the molecule is COc1cccc(COC(=O)N2CCC[C@H]2C(=O)O)c1. The Morgan fingerprint density at radius 3 is 2.95 bits per heavy atom. The Bertz CT molecular complexity index is 502. The summed E-state index contributed by atoms with van der Waals surface area (Å²) in [5.74, 6) is -0.302. The highest BCUT2D eigenvalue weighted by molar-refractivity contribution is 5.80. The molecular weight excluding hydrogens is 262 g/mol. The maximum Gasteiger partial charge on any atom is 0.410 e. The topological polar surface area (TPSA) is 76.1 Å². The van der Waals surface area contributed by atoms with Crippen molar-refractivity contribution in [2.24, 2.45) is 0 Å². The lowest BCUT2D eigenvalue weighted by atomic mass is 10.2. The number of carbonyl (C=O) groups excluding carboxylic acids is 1. The third kappa shape index (κ3) is 3.20. The second kappa shape index (κ2) is 6.27. The van der Waals surface area contributed by atoms with Crippen LogP contribution in [0.25, 0.3) is 0 Å². The molecule has 0 spiro atoms. The summed E-state index contributed by atoms with van der Waals surface area (Å²) in [6, 6.07) is 6.41. The number of rotatable bonds is 4. The van der Waals surface area contributed by atoms with Crippen LogP contribution in [0.2, 0.25) is 0 Å². The molecule has 1 atom stereocenters. The number of carboxylic acids is 1. The van der Waals surface area contributed by atoms with Gasteiger partial charge in [-0.2, -0.15) is 0 Å². The van der Waals surface area contributed by atoms with E-state index in [4.69, 9.17) is 14.6 Å². The Morgan fingerprint density at radius 2 is 2.25 bits per heavy atom. The number of ether oxygens (including phenoxy) is 2. The van der Waals surface area contributed by atoms with Crippen molar-refractivity contribution in [3.05, 3.63) is 29.8 Å². The van der Waals surface area contributed by atoms with Gasteiger partial charge in [-0.05, 0) is 30.5 Å². The monoisotopic (exact) mass is 279 g/mol. The van der Waals surface area contributed by atoms with E-state index in [-0.39, 0.29) is 6.61 Å². The van der Waals surface area contributed by atoms with E-state index >= 15 is 0 Å². The van der Waals surface area contributed by atoms with Crippen molar-refractivity contribution >= 4 is 12.1 Å². The number of likely N-dealkylation sites (tertiary alicyclic amines) is 1. The largest absolute Gasteiger partial charge is 0.497 e. The second-order valence-corrected chi connectivity index (χ2v) is 4.60. The van der Waals surface area contributed by atoms with E-state index in [9.17, 15) is 9.59 Å². The van der Waals surface area contributed by atoms with Crippen LogP contribution in [-0.4, -0.2) is 41.8 Å². The fourth-order valence-electron chi connectivity index (χ4n) is 2.23. The van der Waals surface area contributed by atoms with Crippen molar-refractivity contribution in [2.45, 2.75) is 25.5 Å². The van der Waals surface area contributed by atoms with Crippen LogP contribution in [0.4, 0.5) is 4.79 Å². The van der Waals surface area contributed by atoms with Gasteiger partial charge in [0.05, 0.1) is 7.11 Å². The molecule has 6 nitrogen and oxygen atoms in total. The number of hydrogen-bond donors (Lipinski definition) is 1. The summed E-state index contributed by atoms with van der Waals surface area (Å²) in [6.45, 7) is 0.521. The fourth-order valence-corrected chi connectivity index (χ4v) is 2.23. The van der Waals surface area contributed by atoms with Crippen LogP contribution in [0.3, 0.4) is 0 Å². The summed E-state index contributed by atoms with van der Waals surface area (Å²) in [4.78, 5) is 24.2. The molecule has 1 aromatic carbocycles. The molecule has 0 saturated carbocycles. The fraction of sp³-hybridized carbons (Fsp3) is 0.429. The first-order valence-corrected chi connectivity index (χ1v) is 6.41. The average molecular weight is 279 g/mol. The van der Waals surface area contributed by atoms with Gasteiger partial charge in [0.1, 0.15) is 18.4 Å². The molecule has 0 aliphatic carbocycles. The number of amides is 1. The van der Waals surface area contributed by atoms with Gasteiger partial charge in [0.2, 0.25) is 0 Å². The van der Waals surface area contributed by atoms with E-state index in [0.717, 1.165) is 5.56 Å². The number of benzene rings is 1. The highest BCUT2D eigenvalue weighted by Crippen LogP contribution is 2.19. The van der Waals surface area contributed by atoms with Gasteiger partial charge in [-0.15, -0.1) is 0 Å². The number of carboxylic acid groups (broad SMARTS) is 1. The molecule has 1 heterocycles. The molecule has 0 bridgehead atoms. The lowest BCUT2D eigenvalue weighted by molar-refractivity contribution is -0.141. The van der Waals surface area contributed by atoms with Gasteiger partial charge in [0.15, 0.2) is 0 Å². The van der Waals surface area contributed by atoms with Crippen molar-refractivity contribution in [3.63, 3.8) is 0 Å². The van der Waals surface area contributed by atoms with E-state index in [1.165, 1.54) is 4.90 Å². The Kier molecular flexibility index (Phi) is 4.45. The van der Waals surface area contributed by atoms with Gasteiger partial charge in [0, 0.05) is 6.54 Å². The minimum atomic E-state index is -0.985. The molecule has 1 amide bonds. The third-order valence-electron chi connectivity index (χ3n) is 3.27. The Balaban J connectivity index is 1.93. The number of methoxy groups -OCH3 is 1. The first-order valence-electron chi connectivity index (χ1n) is 6.41. The third-order valence-corrected chi connectivity index (χ3v) is 3.27. The van der Waals surface area contributed by atoms with Crippen LogP contribution >= 0.6 is 0 Å². The smallest absolute Gasteiger partial charge is 0.410 e. The molecule has 0 unspecified atom stereocenters. The zero-order valence-electron chi connectivity index (χ0n) is 11.2. The molecule has 0 radical (unpaired) electrons. The maximum absolute atomic E-state index is 11.9. The van der Waals surface area contributed by atoms with Crippen molar-refractivity contribution in [3.8, 4) is 5.75 Å². The molecule has 20 heavy (non-hydrogen) atoms. The number of nitrogens with zero attached hydrogens (tertiary/aromatic N) is 1. The number of hydrogen-bond acceptors (Lipinski definition) is 4. The number of aliphatic carboxylic acids is 1. The Hall–Kier alpha value is -2.24. The van der Waals surface area contributed by atoms with Gasteiger partial charge < -0.3 is 14.6 Å².